The summed E-state index contributed by atoms with van der Waals surface area (Å²) < 4.78 is 26.8. The van der Waals surface area contributed by atoms with Crippen molar-refractivity contribution < 1.29 is 8.42 Å². The number of H-pyrrole nitrogens is 1. The van der Waals surface area contributed by atoms with Crippen LogP contribution < -0.4 is 10.5 Å². The Bertz CT molecular complexity index is 724. The number of rotatable bonds is 3. The molecule has 0 unspecified atom stereocenters. The Kier molecular flexibility index (Phi) is 3.42. The van der Waals surface area contributed by atoms with Crippen LogP contribution in [-0.2, 0) is 10.0 Å². The van der Waals surface area contributed by atoms with Gasteiger partial charge in [-0.1, -0.05) is 11.6 Å². The smallest absolute Gasteiger partial charge is 0.263 e. The van der Waals surface area contributed by atoms with Gasteiger partial charge >= 0.3 is 0 Å². The average Bonchev–Trinajstić information content (AvgIpc) is 2.68. The van der Waals surface area contributed by atoms with Crippen molar-refractivity contribution in [3.63, 3.8) is 0 Å². The molecule has 0 aliphatic heterocycles. The minimum Gasteiger partial charge on any atom is -0.397 e. The maximum Gasteiger partial charge on any atom is 0.263 e. The molecule has 0 atom stereocenters. The van der Waals surface area contributed by atoms with Crippen LogP contribution in [-0.4, -0.2) is 18.6 Å². The molecular formula is C11H13ClN4O2S. The molecule has 102 valence electrons. The van der Waals surface area contributed by atoms with E-state index in [2.05, 4.69) is 14.9 Å². The Morgan fingerprint density at radius 1 is 1.32 bits per heavy atom. The van der Waals surface area contributed by atoms with Gasteiger partial charge in [0.15, 0.2) is 5.82 Å². The first kappa shape index (κ1) is 13.7. The van der Waals surface area contributed by atoms with Gasteiger partial charge in [0, 0.05) is 11.8 Å². The van der Waals surface area contributed by atoms with Gasteiger partial charge in [0.05, 0.1) is 15.6 Å². The van der Waals surface area contributed by atoms with E-state index in [1.807, 2.05) is 0 Å². The summed E-state index contributed by atoms with van der Waals surface area (Å²) in [7, 11) is -3.74. The van der Waals surface area contributed by atoms with Gasteiger partial charge in [0.1, 0.15) is 0 Å². The molecule has 0 aliphatic carbocycles. The third kappa shape index (κ3) is 2.82. The van der Waals surface area contributed by atoms with Crippen LogP contribution in [0.2, 0.25) is 5.02 Å². The molecule has 0 radical (unpaired) electrons. The standard InChI is InChI=1S/C11H13ClN4O2S/c1-6-3-8(12)9(13)5-10(6)19(17,18)16-11-4-7(2)14-15-11/h3-5H,13H2,1-2H3,(H2,14,15,16). The summed E-state index contributed by atoms with van der Waals surface area (Å²) in [6, 6.07) is 4.44. The lowest BCUT2D eigenvalue weighted by atomic mass is 10.2. The molecule has 1 heterocycles. The number of nitrogens with zero attached hydrogens (tertiary/aromatic N) is 1. The van der Waals surface area contributed by atoms with Gasteiger partial charge in [0.25, 0.3) is 10.0 Å². The van der Waals surface area contributed by atoms with Crippen LogP contribution in [0.5, 0.6) is 0 Å². The number of aromatic amines is 1. The summed E-state index contributed by atoms with van der Waals surface area (Å²) >= 11 is 5.84. The molecule has 8 heteroatoms. The van der Waals surface area contributed by atoms with E-state index in [-0.39, 0.29) is 16.4 Å². The van der Waals surface area contributed by atoms with Gasteiger partial charge in [-0.15, -0.1) is 0 Å². The number of nitrogen functional groups attached to an aromatic ring is 1. The monoisotopic (exact) mass is 300 g/mol. The van der Waals surface area contributed by atoms with Crippen molar-refractivity contribution in [1.29, 1.82) is 0 Å². The van der Waals surface area contributed by atoms with Crippen LogP contribution in [0.1, 0.15) is 11.3 Å². The molecule has 4 N–H and O–H groups in total. The molecule has 0 saturated heterocycles. The van der Waals surface area contributed by atoms with E-state index in [4.69, 9.17) is 17.3 Å². The van der Waals surface area contributed by atoms with E-state index in [9.17, 15) is 8.42 Å². The highest BCUT2D eigenvalue weighted by Crippen LogP contribution is 2.27. The zero-order valence-corrected chi connectivity index (χ0v) is 11.9. The van der Waals surface area contributed by atoms with Crippen molar-refractivity contribution in [3.05, 3.63) is 34.5 Å². The number of anilines is 2. The van der Waals surface area contributed by atoms with Gasteiger partial charge in [-0.3, -0.25) is 9.82 Å². The van der Waals surface area contributed by atoms with Gasteiger partial charge in [-0.25, -0.2) is 8.42 Å². The second kappa shape index (κ2) is 4.75. The van der Waals surface area contributed by atoms with Gasteiger partial charge in [-0.05, 0) is 31.5 Å². The minimum absolute atomic E-state index is 0.0788. The molecule has 0 spiro atoms. The Balaban J connectivity index is 2.42. The number of aromatic nitrogens is 2. The second-order valence-electron chi connectivity index (χ2n) is 4.18. The quantitative estimate of drug-likeness (QED) is 0.755. The number of aryl methyl sites for hydroxylation is 2. The summed E-state index contributed by atoms with van der Waals surface area (Å²) in [6.45, 7) is 3.42. The van der Waals surface area contributed by atoms with E-state index < -0.39 is 10.0 Å². The fourth-order valence-corrected chi connectivity index (χ4v) is 3.09. The lowest BCUT2D eigenvalue weighted by molar-refractivity contribution is 0.600. The third-order valence-electron chi connectivity index (χ3n) is 2.53. The third-order valence-corrected chi connectivity index (χ3v) is 4.35. The molecule has 2 rings (SSSR count). The highest BCUT2D eigenvalue weighted by atomic mass is 35.5. The Morgan fingerprint density at radius 3 is 2.58 bits per heavy atom. The first-order chi connectivity index (χ1) is 8.79. The summed E-state index contributed by atoms with van der Waals surface area (Å²) in [5.74, 6) is 0.227. The molecule has 0 amide bonds. The van der Waals surface area contributed by atoms with Crippen molar-refractivity contribution >= 4 is 33.1 Å². The molecular weight excluding hydrogens is 288 g/mol. The van der Waals surface area contributed by atoms with E-state index in [0.717, 1.165) is 5.69 Å². The van der Waals surface area contributed by atoms with Crippen molar-refractivity contribution in [1.82, 2.24) is 10.2 Å². The topological polar surface area (TPSA) is 101 Å². The number of nitrogens with one attached hydrogen (secondary N) is 2. The SMILES string of the molecule is Cc1cc(NS(=O)(=O)c2cc(N)c(Cl)cc2C)n[nH]1. The molecule has 6 nitrogen and oxygen atoms in total. The molecule has 0 fully saturated rings. The Morgan fingerprint density at radius 2 is 2.00 bits per heavy atom. The Labute approximate surface area is 116 Å². The average molecular weight is 301 g/mol. The normalized spacial score (nSPS) is 11.5. The van der Waals surface area contributed by atoms with Gasteiger partial charge in [-0.2, -0.15) is 5.10 Å². The molecule has 2 aromatic rings. The summed E-state index contributed by atoms with van der Waals surface area (Å²) in [4.78, 5) is 0.0788. The fourth-order valence-electron chi connectivity index (χ4n) is 1.62. The van der Waals surface area contributed by atoms with E-state index >= 15 is 0 Å². The van der Waals surface area contributed by atoms with E-state index in [1.54, 1.807) is 19.9 Å². The number of hydrogen-bond donors (Lipinski definition) is 3. The fraction of sp³-hybridized carbons (Fsp3) is 0.182. The first-order valence-corrected chi connectivity index (χ1v) is 7.26. The van der Waals surface area contributed by atoms with Crippen LogP contribution in [0.25, 0.3) is 0 Å². The summed E-state index contributed by atoms with van der Waals surface area (Å²) in [5.41, 5.74) is 7.12. The zero-order valence-electron chi connectivity index (χ0n) is 10.4. The lowest BCUT2D eigenvalue weighted by Gasteiger charge is -2.10. The van der Waals surface area contributed by atoms with E-state index in [1.165, 1.54) is 12.1 Å². The zero-order chi connectivity index (χ0) is 14.2. The van der Waals surface area contributed by atoms with Crippen LogP contribution in [0.15, 0.2) is 23.1 Å². The molecule has 19 heavy (non-hydrogen) atoms. The maximum absolute atomic E-state index is 12.2. The first-order valence-electron chi connectivity index (χ1n) is 5.40. The molecule has 0 bridgehead atoms. The lowest BCUT2D eigenvalue weighted by Crippen LogP contribution is -2.15. The Hall–Kier alpha value is -1.73. The number of sulfonamides is 1. The number of nitrogens with two attached hydrogens (primary N) is 1. The predicted octanol–water partition coefficient (Wildman–Crippen LogP) is 2.06. The van der Waals surface area contributed by atoms with Crippen LogP contribution in [0, 0.1) is 13.8 Å². The molecule has 0 saturated carbocycles. The number of halogens is 1. The van der Waals surface area contributed by atoms with Crippen LogP contribution in [0.4, 0.5) is 11.5 Å². The maximum atomic E-state index is 12.2. The molecule has 1 aromatic carbocycles. The molecule has 1 aromatic heterocycles. The predicted molar refractivity (Wildman–Crippen MR) is 74.7 cm³/mol. The number of benzene rings is 1. The van der Waals surface area contributed by atoms with Crippen molar-refractivity contribution in [2.45, 2.75) is 18.7 Å². The van der Waals surface area contributed by atoms with Crippen molar-refractivity contribution in [3.8, 4) is 0 Å². The number of hydrogen-bond acceptors (Lipinski definition) is 4. The largest absolute Gasteiger partial charge is 0.397 e. The highest BCUT2D eigenvalue weighted by molar-refractivity contribution is 7.92. The van der Waals surface area contributed by atoms with Crippen molar-refractivity contribution in [2.24, 2.45) is 0 Å². The van der Waals surface area contributed by atoms with Gasteiger partial charge in [0.2, 0.25) is 0 Å². The van der Waals surface area contributed by atoms with Gasteiger partial charge < -0.3 is 5.73 Å². The van der Waals surface area contributed by atoms with Crippen LogP contribution in [0.3, 0.4) is 0 Å². The van der Waals surface area contributed by atoms with Crippen molar-refractivity contribution in [2.75, 3.05) is 10.5 Å². The summed E-state index contributed by atoms with van der Waals surface area (Å²) in [5, 5.41) is 6.80. The summed E-state index contributed by atoms with van der Waals surface area (Å²) in [6.07, 6.45) is 0. The second-order valence-corrected chi connectivity index (χ2v) is 6.24. The highest BCUT2D eigenvalue weighted by Gasteiger charge is 2.19. The van der Waals surface area contributed by atoms with E-state index in [0.29, 0.717) is 10.6 Å². The molecule has 0 aliphatic rings. The van der Waals surface area contributed by atoms with Crippen LogP contribution >= 0.6 is 11.6 Å². The minimum atomic E-state index is -3.74.